The van der Waals surface area contributed by atoms with E-state index in [1.54, 1.807) is 51.4 Å². The smallest absolute Gasteiger partial charge is 0.0383 e. The molecule has 5 saturated carbocycles. The fraction of sp³-hybridized carbons (Fsp3) is 1.00. The third kappa shape index (κ3) is 16.3. The van der Waals surface area contributed by atoms with Crippen LogP contribution >= 0.6 is 0 Å². The lowest BCUT2D eigenvalue weighted by molar-refractivity contribution is 0.103. The molecule has 234 valence electrons. The molecule has 4 unspecified atom stereocenters. The van der Waals surface area contributed by atoms with Gasteiger partial charge in [-0.2, -0.15) is 0 Å². The second-order valence-corrected chi connectivity index (χ2v) is 14.6. The van der Waals surface area contributed by atoms with Crippen LogP contribution in [0.15, 0.2) is 0 Å². The van der Waals surface area contributed by atoms with Gasteiger partial charge >= 0.3 is 0 Å². The molecule has 0 radical (unpaired) electrons. The van der Waals surface area contributed by atoms with E-state index in [4.69, 9.17) is 0 Å². The largest absolute Gasteiger partial charge is 0.0683 e. The zero-order valence-electron chi connectivity index (χ0n) is 28.9. The Balaban J connectivity index is 0.000000316. The summed E-state index contributed by atoms with van der Waals surface area (Å²) in [5, 5.41) is 0. The highest BCUT2D eigenvalue weighted by molar-refractivity contribution is 4.85. The fourth-order valence-electron chi connectivity index (χ4n) is 8.47. The lowest BCUT2D eigenvalue weighted by Gasteiger charge is -2.41. The third-order valence-corrected chi connectivity index (χ3v) is 11.2. The maximum atomic E-state index is 2.46. The van der Waals surface area contributed by atoms with Crippen LogP contribution in [-0.2, 0) is 0 Å². The first kappa shape index (κ1) is 37.0. The normalized spacial score (nSPS) is 34.2. The Kier molecular flexibility index (Phi) is 22.4. The van der Waals surface area contributed by atoms with Gasteiger partial charge in [0, 0.05) is 0 Å². The van der Waals surface area contributed by atoms with E-state index in [1.807, 2.05) is 27.7 Å². The van der Waals surface area contributed by atoms with Crippen molar-refractivity contribution in [1.82, 2.24) is 0 Å². The van der Waals surface area contributed by atoms with Crippen LogP contribution in [0.2, 0.25) is 0 Å². The van der Waals surface area contributed by atoms with Crippen LogP contribution in [-0.4, -0.2) is 0 Å². The molecule has 0 heteroatoms. The van der Waals surface area contributed by atoms with Gasteiger partial charge in [0.15, 0.2) is 0 Å². The molecule has 0 amide bonds. The van der Waals surface area contributed by atoms with Gasteiger partial charge in [-0.1, -0.05) is 184 Å². The van der Waals surface area contributed by atoms with E-state index < -0.39 is 0 Å². The molecule has 0 N–H and O–H groups in total. The molecule has 5 aliphatic carbocycles. The Hall–Kier alpha value is 0. The van der Waals surface area contributed by atoms with E-state index >= 15 is 0 Å². The van der Waals surface area contributed by atoms with Crippen LogP contribution in [0, 0.1) is 47.3 Å². The van der Waals surface area contributed by atoms with Crippen molar-refractivity contribution in [2.45, 2.75) is 203 Å². The summed E-state index contributed by atoms with van der Waals surface area (Å²) in [5.41, 5.74) is 0. The van der Waals surface area contributed by atoms with Crippen molar-refractivity contribution < 1.29 is 0 Å². The van der Waals surface area contributed by atoms with Crippen molar-refractivity contribution in [3.63, 3.8) is 0 Å². The average molecular weight is 547 g/mol. The second-order valence-electron chi connectivity index (χ2n) is 14.6. The van der Waals surface area contributed by atoms with Crippen molar-refractivity contribution in [2.75, 3.05) is 0 Å². The highest BCUT2D eigenvalue weighted by Crippen LogP contribution is 2.45. The minimum Gasteiger partial charge on any atom is -0.0683 e. The van der Waals surface area contributed by atoms with Crippen molar-refractivity contribution in [1.29, 1.82) is 0 Å². The topological polar surface area (TPSA) is 0 Å². The molecule has 5 aliphatic rings. The number of hydrogen-bond acceptors (Lipinski definition) is 0. The molecular formula is C39H78. The molecule has 0 aromatic heterocycles. The van der Waals surface area contributed by atoms with E-state index in [-0.39, 0.29) is 0 Å². The molecule has 39 heavy (non-hydrogen) atoms. The summed E-state index contributed by atoms with van der Waals surface area (Å²) in [6.07, 6.45) is 35.0. The lowest BCUT2D eigenvalue weighted by Crippen LogP contribution is -2.29. The first-order chi connectivity index (χ1) is 19.0. The average Bonchev–Trinajstić information content (AvgIpc) is 3.19. The third-order valence-electron chi connectivity index (χ3n) is 11.2. The van der Waals surface area contributed by atoms with Gasteiger partial charge < -0.3 is 0 Å². The van der Waals surface area contributed by atoms with Crippen LogP contribution in [0.1, 0.15) is 203 Å². The zero-order chi connectivity index (χ0) is 28.9. The van der Waals surface area contributed by atoms with Gasteiger partial charge in [-0.3, -0.25) is 0 Å². The van der Waals surface area contributed by atoms with E-state index in [1.165, 1.54) is 96.3 Å². The summed E-state index contributed by atoms with van der Waals surface area (Å²) in [6, 6.07) is 0. The van der Waals surface area contributed by atoms with Crippen LogP contribution < -0.4 is 0 Å². The Morgan fingerprint density at radius 3 is 0.974 bits per heavy atom. The summed E-state index contributed by atoms with van der Waals surface area (Å²) >= 11 is 0. The number of rotatable bonds is 2. The Morgan fingerprint density at radius 2 is 0.538 bits per heavy atom. The minimum absolute atomic E-state index is 1.01. The predicted octanol–water partition coefficient (Wildman–Crippen LogP) is 14.1. The van der Waals surface area contributed by atoms with Gasteiger partial charge in [0.1, 0.15) is 0 Å². The van der Waals surface area contributed by atoms with Crippen molar-refractivity contribution in [2.24, 2.45) is 47.3 Å². The summed E-state index contributed by atoms with van der Waals surface area (Å²) in [4.78, 5) is 0. The molecule has 5 rings (SSSR count). The van der Waals surface area contributed by atoms with Gasteiger partial charge in [-0.05, 0) is 66.6 Å². The van der Waals surface area contributed by atoms with Crippen LogP contribution in [0.4, 0.5) is 0 Å². The Morgan fingerprint density at radius 1 is 0.256 bits per heavy atom. The molecule has 4 atom stereocenters. The van der Waals surface area contributed by atoms with Crippen molar-refractivity contribution in [3.05, 3.63) is 0 Å². The SMILES string of the molecule is CC.CC.CC1CCC(C2CCCC(C3CCCCC3)C2)CC1.CC1CCCC(C)CC1.CC1CCCCC1. The van der Waals surface area contributed by atoms with E-state index in [2.05, 4.69) is 27.7 Å². The van der Waals surface area contributed by atoms with Crippen LogP contribution in [0.3, 0.4) is 0 Å². The molecule has 0 aromatic carbocycles. The summed E-state index contributed by atoms with van der Waals surface area (Å²) in [6.45, 7) is 17.6. The quantitative estimate of drug-likeness (QED) is 0.302. The highest BCUT2D eigenvalue weighted by atomic mass is 14.4. The maximum Gasteiger partial charge on any atom is -0.0383 e. The van der Waals surface area contributed by atoms with E-state index in [0.717, 1.165) is 47.3 Å². The second kappa shape index (κ2) is 23.6. The van der Waals surface area contributed by atoms with Gasteiger partial charge in [-0.15, -0.1) is 0 Å². The van der Waals surface area contributed by atoms with Crippen LogP contribution in [0.25, 0.3) is 0 Å². The molecule has 0 saturated heterocycles. The number of hydrogen-bond donors (Lipinski definition) is 0. The molecule has 0 aromatic rings. The molecule has 0 nitrogen and oxygen atoms in total. The van der Waals surface area contributed by atoms with Gasteiger partial charge in [-0.25, -0.2) is 0 Å². The first-order valence-corrected chi connectivity index (χ1v) is 19.0. The standard InChI is InChI=1S/C19H34.C9H18.C7H14.2C2H6/c1-15-10-12-17(13-11-15)19-9-5-8-18(14-19)16-6-3-2-4-7-16;1-8-4-3-5-9(2)7-6-8;1-7-5-3-2-4-6-7;2*1-2/h15-19H,2-14H2,1H3;8-9H,3-7H2,1-2H3;7H,2-6H2,1H3;2*1-2H3. The summed E-state index contributed by atoms with van der Waals surface area (Å²) in [5.74, 6) is 8.56. The van der Waals surface area contributed by atoms with Crippen LogP contribution in [0.5, 0.6) is 0 Å². The maximum absolute atomic E-state index is 2.46. The molecule has 5 fully saturated rings. The Labute approximate surface area is 250 Å². The molecule has 0 aliphatic heterocycles. The molecule has 0 spiro atoms. The van der Waals surface area contributed by atoms with Gasteiger partial charge in [0.2, 0.25) is 0 Å². The highest BCUT2D eigenvalue weighted by Gasteiger charge is 2.34. The van der Waals surface area contributed by atoms with E-state index in [0.29, 0.717) is 0 Å². The molecule has 0 heterocycles. The fourth-order valence-corrected chi connectivity index (χ4v) is 8.47. The molecule has 0 bridgehead atoms. The molecular weight excluding hydrogens is 468 g/mol. The predicted molar refractivity (Wildman–Crippen MR) is 180 cm³/mol. The first-order valence-electron chi connectivity index (χ1n) is 19.0. The minimum atomic E-state index is 1.01. The monoisotopic (exact) mass is 547 g/mol. The van der Waals surface area contributed by atoms with Crippen molar-refractivity contribution >= 4 is 0 Å². The lowest BCUT2D eigenvalue weighted by atomic mass is 9.65. The van der Waals surface area contributed by atoms with Gasteiger partial charge in [0.25, 0.3) is 0 Å². The summed E-state index contributed by atoms with van der Waals surface area (Å²) < 4.78 is 0. The van der Waals surface area contributed by atoms with E-state index in [9.17, 15) is 0 Å². The van der Waals surface area contributed by atoms with Gasteiger partial charge in [0.05, 0.1) is 0 Å². The van der Waals surface area contributed by atoms with Crippen molar-refractivity contribution in [3.8, 4) is 0 Å². The summed E-state index contributed by atoms with van der Waals surface area (Å²) in [7, 11) is 0. The Bertz CT molecular complexity index is 492. The zero-order valence-corrected chi connectivity index (χ0v) is 28.9.